The Morgan fingerprint density at radius 1 is 1.11 bits per heavy atom. The fourth-order valence-corrected chi connectivity index (χ4v) is 2.08. The van der Waals surface area contributed by atoms with Crippen molar-refractivity contribution in [3.05, 3.63) is 23.8 Å². The number of methoxy groups -OCH3 is 2. The number of carbonyl (C=O) groups excluding carboxylic acids is 2. The van der Waals surface area contributed by atoms with Gasteiger partial charge in [0.1, 0.15) is 31.0 Å². The number of benzene rings is 1. The van der Waals surface area contributed by atoms with Crippen LogP contribution in [0.4, 0.5) is 13.2 Å². The van der Waals surface area contributed by atoms with E-state index < -0.39 is 43.5 Å². The summed E-state index contributed by atoms with van der Waals surface area (Å²) in [5.74, 6) is -2.63. The average Bonchev–Trinajstić information content (AvgIpc) is 2.58. The third-order valence-corrected chi connectivity index (χ3v) is 3.26. The number of ether oxygens (including phenoxy) is 2. The normalized spacial score (nSPS) is 10.9. The van der Waals surface area contributed by atoms with Crippen LogP contribution in [0.3, 0.4) is 0 Å². The van der Waals surface area contributed by atoms with E-state index >= 15 is 0 Å². The molecule has 8 nitrogen and oxygen atoms in total. The molecule has 1 rings (SSSR count). The number of aliphatic carboxylic acids is 1. The minimum absolute atomic E-state index is 0.203. The molecule has 0 unspecified atom stereocenters. The number of hydrogen-bond acceptors (Lipinski definition) is 5. The van der Waals surface area contributed by atoms with Gasteiger partial charge >= 0.3 is 12.1 Å². The van der Waals surface area contributed by atoms with Gasteiger partial charge < -0.3 is 24.8 Å². The molecule has 0 aliphatic carbocycles. The maximum Gasteiger partial charge on any atom is 0.405 e. The highest BCUT2D eigenvalue weighted by Gasteiger charge is 2.28. The molecule has 0 spiro atoms. The number of halogens is 3. The molecule has 0 fully saturated rings. The molecular weight excluding hydrogens is 373 g/mol. The van der Waals surface area contributed by atoms with Crippen LogP contribution in [0.25, 0.3) is 0 Å². The maximum atomic E-state index is 12.2. The zero-order valence-electron chi connectivity index (χ0n) is 14.6. The van der Waals surface area contributed by atoms with Crippen molar-refractivity contribution in [3.8, 4) is 11.5 Å². The second-order valence-corrected chi connectivity index (χ2v) is 5.43. The molecule has 0 aromatic heterocycles. The molecule has 0 heterocycles. The molecule has 27 heavy (non-hydrogen) atoms. The molecule has 1 aromatic rings. The fourth-order valence-electron chi connectivity index (χ4n) is 2.08. The van der Waals surface area contributed by atoms with Gasteiger partial charge in [0.15, 0.2) is 0 Å². The summed E-state index contributed by atoms with van der Waals surface area (Å²) in [6.45, 7) is -2.51. The van der Waals surface area contributed by atoms with Crippen molar-refractivity contribution in [1.82, 2.24) is 10.2 Å². The van der Waals surface area contributed by atoms with Crippen molar-refractivity contribution >= 4 is 17.8 Å². The minimum Gasteiger partial charge on any atom is -0.497 e. The van der Waals surface area contributed by atoms with Crippen molar-refractivity contribution in [2.45, 2.75) is 19.1 Å². The largest absolute Gasteiger partial charge is 0.497 e. The first kappa shape index (κ1) is 22.1. The van der Waals surface area contributed by atoms with Gasteiger partial charge in [-0.2, -0.15) is 13.2 Å². The zero-order valence-corrected chi connectivity index (χ0v) is 14.6. The van der Waals surface area contributed by atoms with Gasteiger partial charge in [0.25, 0.3) is 0 Å². The van der Waals surface area contributed by atoms with Crippen LogP contribution in [0.15, 0.2) is 18.2 Å². The zero-order chi connectivity index (χ0) is 20.6. The van der Waals surface area contributed by atoms with E-state index in [4.69, 9.17) is 14.6 Å². The lowest BCUT2D eigenvalue weighted by Crippen LogP contribution is -2.40. The monoisotopic (exact) mass is 392 g/mol. The van der Waals surface area contributed by atoms with E-state index in [-0.39, 0.29) is 6.54 Å². The summed E-state index contributed by atoms with van der Waals surface area (Å²) >= 11 is 0. The molecule has 0 aliphatic rings. The smallest absolute Gasteiger partial charge is 0.405 e. The Labute approximate surface area is 152 Å². The van der Waals surface area contributed by atoms with Crippen molar-refractivity contribution in [1.29, 1.82) is 0 Å². The van der Waals surface area contributed by atoms with E-state index in [9.17, 15) is 27.6 Å². The molecule has 0 radical (unpaired) electrons. The van der Waals surface area contributed by atoms with Gasteiger partial charge in [-0.3, -0.25) is 14.4 Å². The number of carbonyl (C=O) groups is 3. The summed E-state index contributed by atoms with van der Waals surface area (Å²) in [6, 6.07) is 4.64. The van der Waals surface area contributed by atoms with Crippen LogP contribution in [0.2, 0.25) is 0 Å². The van der Waals surface area contributed by atoms with Gasteiger partial charge in [0, 0.05) is 12.6 Å². The molecule has 0 atom stereocenters. The quantitative estimate of drug-likeness (QED) is 0.612. The van der Waals surface area contributed by atoms with Crippen molar-refractivity contribution in [2.24, 2.45) is 0 Å². The van der Waals surface area contributed by atoms with Crippen LogP contribution in [0, 0.1) is 0 Å². The molecule has 1 aromatic carbocycles. The summed E-state index contributed by atoms with van der Waals surface area (Å²) in [5, 5.41) is 10.5. The lowest BCUT2D eigenvalue weighted by atomic mass is 10.1. The van der Waals surface area contributed by atoms with Gasteiger partial charge in [-0.1, -0.05) is 0 Å². The molecule has 150 valence electrons. The van der Waals surface area contributed by atoms with Crippen molar-refractivity contribution < 1.29 is 42.1 Å². The van der Waals surface area contributed by atoms with E-state index in [0.29, 0.717) is 17.1 Å². The predicted molar refractivity (Wildman–Crippen MR) is 86.3 cm³/mol. The maximum absolute atomic E-state index is 12.2. The first-order chi connectivity index (χ1) is 12.5. The van der Waals surface area contributed by atoms with Gasteiger partial charge in [0.2, 0.25) is 11.8 Å². The molecule has 0 saturated heterocycles. The number of alkyl halides is 3. The molecule has 11 heteroatoms. The van der Waals surface area contributed by atoms with Crippen LogP contribution in [-0.2, 0) is 20.9 Å². The van der Waals surface area contributed by atoms with Crippen LogP contribution in [0.5, 0.6) is 11.5 Å². The minimum atomic E-state index is -4.61. The van der Waals surface area contributed by atoms with Crippen LogP contribution < -0.4 is 14.8 Å². The lowest BCUT2D eigenvalue weighted by Gasteiger charge is -2.21. The highest BCUT2D eigenvalue weighted by molar-refractivity contribution is 5.97. The second-order valence-electron chi connectivity index (χ2n) is 5.43. The van der Waals surface area contributed by atoms with E-state index in [1.54, 1.807) is 11.4 Å². The van der Waals surface area contributed by atoms with E-state index in [1.807, 2.05) is 0 Å². The number of carboxylic acid groups (broad SMARTS) is 1. The van der Waals surface area contributed by atoms with Gasteiger partial charge in [-0.25, -0.2) is 0 Å². The van der Waals surface area contributed by atoms with Gasteiger partial charge in [-0.05, 0) is 17.7 Å². The Morgan fingerprint density at radius 3 is 2.11 bits per heavy atom. The number of carboxylic acids is 1. The topological polar surface area (TPSA) is 105 Å². The highest BCUT2D eigenvalue weighted by atomic mass is 19.4. The summed E-state index contributed by atoms with van der Waals surface area (Å²) in [6.07, 6.45) is -5.53. The highest BCUT2D eigenvalue weighted by Crippen LogP contribution is 2.23. The number of nitrogens with zero attached hydrogens (tertiary/aromatic N) is 1. The van der Waals surface area contributed by atoms with E-state index in [2.05, 4.69) is 0 Å². The van der Waals surface area contributed by atoms with Crippen LogP contribution in [-0.4, -0.2) is 61.3 Å². The first-order valence-corrected chi connectivity index (χ1v) is 7.59. The Kier molecular flexibility index (Phi) is 7.88. The number of rotatable bonds is 9. The number of nitrogens with one attached hydrogen (secondary N) is 1. The predicted octanol–water partition coefficient (Wildman–Crippen LogP) is 1.19. The van der Waals surface area contributed by atoms with E-state index in [0.717, 1.165) is 4.90 Å². The summed E-state index contributed by atoms with van der Waals surface area (Å²) in [5.41, 5.74) is 0.455. The summed E-state index contributed by atoms with van der Waals surface area (Å²) in [4.78, 5) is 35.5. The first-order valence-electron chi connectivity index (χ1n) is 7.59. The lowest BCUT2D eigenvalue weighted by molar-refractivity contribution is -0.148. The van der Waals surface area contributed by atoms with Crippen LogP contribution >= 0.6 is 0 Å². The summed E-state index contributed by atoms with van der Waals surface area (Å²) in [7, 11) is 2.81. The third-order valence-electron chi connectivity index (χ3n) is 3.26. The van der Waals surface area contributed by atoms with Crippen molar-refractivity contribution in [3.63, 3.8) is 0 Å². The second kappa shape index (κ2) is 9.64. The summed E-state index contributed by atoms with van der Waals surface area (Å²) < 4.78 is 46.5. The Bertz CT molecular complexity index is 671. The molecule has 2 N–H and O–H groups in total. The molecule has 0 saturated carbocycles. The van der Waals surface area contributed by atoms with E-state index in [1.165, 1.54) is 26.4 Å². The molecule has 0 bridgehead atoms. The molecule has 2 amide bonds. The Hall–Kier alpha value is -2.98. The number of amides is 2. The SMILES string of the molecule is COc1cc(CN(CC(=O)O)C(=O)CC(=O)NCC(F)(F)F)cc(OC)c1. The van der Waals surface area contributed by atoms with Crippen LogP contribution in [0.1, 0.15) is 12.0 Å². The average molecular weight is 392 g/mol. The third kappa shape index (κ3) is 8.29. The Balaban J connectivity index is 2.87. The van der Waals surface area contributed by atoms with Crippen molar-refractivity contribution in [2.75, 3.05) is 27.3 Å². The number of hydrogen-bond donors (Lipinski definition) is 2. The van der Waals surface area contributed by atoms with Gasteiger partial charge in [-0.15, -0.1) is 0 Å². The molecule has 0 aliphatic heterocycles. The standard InChI is InChI=1S/C16H19F3N2O6/c1-26-11-3-10(4-12(5-11)27-2)7-21(8-15(24)25)14(23)6-13(22)20-9-16(17,18)19/h3-5H,6-9H2,1-2H3,(H,20,22)(H,24,25). The fraction of sp³-hybridized carbons (Fsp3) is 0.438. The van der Waals surface area contributed by atoms with Gasteiger partial charge in [0.05, 0.1) is 14.2 Å². The molecular formula is C16H19F3N2O6. The Morgan fingerprint density at radius 2 is 1.67 bits per heavy atom.